The van der Waals surface area contributed by atoms with E-state index >= 15 is 0 Å². The lowest BCUT2D eigenvalue weighted by Crippen LogP contribution is -2.30. The molecule has 0 saturated carbocycles. The van der Waals surface area contributed by atoms with Crippen molar-refractivity contribution in [3.05, 3.63) is 83.4 Å². The van der Waals surface area contributed by atoms with Crippen molar-refractivity contribution in [1.82, 2.24) is 15.1 Å². The number of rotatable bonds is 7. The summed E-state index contributed by atoms with van der Waals surface area (Å²) in [6.45, 7) is 3.21. The van der Waals surface area contributed by atoms with Crippen LogP contribution in [0.1, 0.15) is 28.7 Å². The molecule has 0 bridgehead atoms. The van der Waals surface area contributed by atoms with Crippen LogP contribution in [0.25, 0.3) is 0 Å². The van der Waals surface area contributed by atoms with Crippen molar-refractivity contribution < 1.29 is 13.9 Å². The predicted octanol–water partition coefficient (Wildman–Crippen LogP) is 3.79. The van der Waals surface area contributed by atoms with Crippen LogP contribution < -0.4 is 4.74 Å². The average molecular weight is 353 g/mol. The third-order valence-electron chi connectivity index (χ3n) is 3.93. The Bertz CT molecular complexity index is 864. The minimum absolute atomic E-state index is 0.149. The van der Waals surface area contributed by atoms with Gasteiger partial charge in [-0.3, -0.25) is 9.89 Å². The number of halogens is 1. The molecule has 6 heteroatoms. The van der Waals surface area contributed by atoms with Gasteiger partial charge in [-0.05, 0) is 30.7 Å². The molecule has 3 rings (SSSR count). The highest BCUT2D eigenvalue weighted by Gasteiger charge is 2.18. The molecule has 0 atom stereocenters. The molecule has 5 nitrogen and oxygen atoms in total. The molecular weight excluding hydrogens is 333 g/mol. The first kappa shape index (κ1) is 17.7. The van der Waals surface area contributed by atoms with Crippen LogP contribution in [-0.4, -0.2) is 27.5 Å². The lowest BCUT2D eigenvalue weighted by atomic mass is 10.2. The maximum absolute atomic E-state index is 13.2. The molecule has 1 amide bonds. The Morgan fingerprint density at radius 3 is 2.69 bits per heavy atom. The molecule has 0 aliphatic rings. The summed E-state index contributed by atoms with van der Waals surface area (Å²) >= 11 is 0. The third-order valence-corrected chi connectivity index (χ3v) is 3.93. The molecule has 1 N–H and O–H groups in total. The minimum atomic E-state index is -0.359. The van der Waals surface area contributed by atoms with Gasteiger partial charge in [0.15, 0.2) is 5.69 Å². The highest BCUT2D eigenvalue weighted by Crippen LogP contribution is 2.15. The van der Waals surface area contributed by atoms with Crippen molar-refractivity contribution in [3.63, 3.8) is 0 Å². The largest absolute Gasteiger partial charge is 0.487 e. The maximum atomic E-state index is 13.2. The second kappa shape index (κ2) is 8.29. The van der Waals surface area contributed by atoms with Crippen LogP contribution >= 0.6 is 0 Å². The van der Waals surface area contributed by atoms with E-state index < -0.39 is 0 Å². The fourth-order valence-corrected chi connectivity index (χ4v) is 2.56. The summed E-state index contributed by atoms with van der Waals surface area (Å²) in [4.78, 5) is 14.4. The summed E-state index contributed by atoms with van der Waals surface area (Å²) in [5.41, 5.74) is 2.04. The van der Waals surface area contributed by atoms with E-state index in [4.69, 9.17) is 4.74 Å². The topological polar surface area (TPSA) is 58.2 Å². The Morgan fingerprint density at radius 2 is 1.96 bits per heavy atom. The van der Waals surface area contributed by atoms with Crippen LogP contribution in [0, 0.1) is 5.82 Å². The van der Waals surface area contributed by atoms with Gasteiger partial charge >= 0.3 is 0 Å². The molecule has 134 valence electrons. The van der Waals surface area contributed by atoms with Gasteiger partial charge in [0.1, 0.15) is 18.2 Å². The van der Waals surface area contributed by atoms with Gasteiger partial charge < -0.3 is 9.64 Å². The van der Waals surface area contributed by atoms with Gasteiger partial charge in [0.05, 0.1) is 5.69 Å². The number of aromatic amines is 1. The summed E-state index contributed by atoms with van der Waals surface area (Å²) in [6, 6.07) is 17.4. The zero-order chi connectivity index (χ0) is 18.4. The zero-order valence-electron chi connectivity index (χ0n) is 14.5. The van der Waals surface area contributed by atoms with Gasteiger partial charge in [0.2, 0.25) is 0 Å². The van der Waals surface area contributed by atoms with Crippen molar-refractivity contribution in [2.24, 2.45) is 0 Å². The fraction of sp³-hybridized carbons (Fsp3) is 0.200. The first-order valence-electron chi connectivity index (χ1n) is 8.41. The van der Waals surface area contributed by atoms with Crippen molar-refractivity contribution in [3.8, 4) is 5.75 Å². The number of nitrogens with zero attached hydrogens (tertiary/aromatic N) is 2. The van der Waals surface area contributed by atoms with Crippen LogP contribution in [0.2, 0.25) is 0 Å². The number of carbonyl (C=O) groups excluding carboxylic acids is 1. The number of hydrogen-bond acceptors (Lipinski definition) is 3. The molecule has 0 unspecified atom stereocenters. The molecule has 0 radical (unpaired) electrons. The normalized spacial score (nSPS) is 10.5. The van der Waals surface area contributed by atoms with Gasteiger partial charge in [0, 0.05) is 19.2 Å². The quantitative estimate of drug-likeness (QED) is 0.703. The van der Waals surface area contributed by atoms with Gasteiger partial charge in [0.25, 0.3) is 5.91 Å². The second-order valence-electron chi connectivity index (χ2n) is 5.83. The van der Waals surface area contributed by atoms with Crippen LogP contribution in [0.15, 0.2) is 60.7 Å². The van der Waals surface area contributed by atoms with Crippen LogP contribution in [-0.2, 0) is 13.2 Å². The summed E-state index contributed by atoms with van der Waals surface area (Å²) in [7, 11) is 0. The Kier molecular flexibility index (Phi) is 5.63. The van der Waals surface area contributed by atoms with E-state index in [9.17, 15) is 9.18 Å². The highest BCUT2D eigenvalue weighted by atomic mass is 19.1. The van der Waals surface area contributed by atoms with Gasteiger partial charge in [-0.25, -0.2) is 4.39 Å². The van der Waals surface area contributed by atoms with E-state index in [0.29, 0.717) is 30.2 Å². The number of benzene rings is 2. The third kappa shape index (κ3) is 4.47. The molecule has 0 aliphatic heterocycles. The zero-order valence-corrected chi connectivity index (χ0v) is 14.5. The molecule has 3 aromatic rings. The lowest BCUT2D eigenvalue weighted by Gasteiger charge is -2.19. The van der Waals surface area contributed by atoms with Crippen LogP contribution in [0.3, 0.4) is 0 Å². The Morgan fingerprint density at radius 1 is 1.15 bits per heavy atom. The summed E-state index contributed by atoms with van der Waals surface area (Å²) < 4.78 is 18.7. The van der Waals surface area contributed by atoms with E-state index in [0.717, 1.165) is 5.56 Å². The van der Waals surface area contributed by atoms with E-state index in [1.807, 2.05) is 37.3 Å². The summed E-state index contributed by atoms with van der Waals surface area (Å²) in [5.74, 6) is -0.0844. The number of carbonyl (C=O) groups is 1. The van der Waals surface area contributed by atoms with Crippen LogP contribution in [0.5, 0.6) is 5.75 Å². The van der Waals surface area contributed by atoms with Crippen molar-refractivity contribution in [2.75, 3.05) is 6.54 Å². The molecule has 0 aliphatic carbocycles. The molecule has 0 saturated heterocycles. The average Bonchev–Trinajstić information content (AvgIpc) is 3.14. The standard InChI is InChI=1S/C20H20FN3O2/c1-2-24(13-15-7-4-3-5-8-15)20(25)19-12-17(22-23-19)14-26-18-10-6-9-16(21)11-18/h3-12H,2,13-14H2,1H3,(H,22,23). The minimum Gasteiger partial charge on any atom is -0.487 e. The first-order valence-corrected chi connectivity index (χ1v) is 8.41. The Hall–Kier alpha value is -3.15. The molecule has 1 heterocycles. The second-order valence-corrected chi connectivity index (χ2v) is 5.83. The predicted molar refractivity (Wildman–Crippen MR) is 96.2 cm³/mol. The molecule has 1 aromatic heterocycles. The molecule has 0 fully saturated rings. The maximum Gasteiger partial charge on any atom is 0.274 e. The SMILES string of the molecule is CCN(Cc1ccccc1)C(=O)c1cc(COc2cccc(F)c2)[nH]n1. The van der Waals surface area contributed by atoms with E-state index in [1.165, 1.54) is 12.1 Å². The number of aromatic nitrogens is 2. The smallest absolute Gasteiger partial charge is 0.274 e. The number of hydrogen-bond donors (Lipinski definition) is 1. The van der Waals surface area contributed by atoms with E-state index in [-0.39, 0.29) is 18.3 Å². The van der Waals surface area contributed by atoms with Crippen molar-refractivity contribution in [2.45, 2.75) is 20.1 Å². The highest BCUT2D eigenvalue weighted by molar-refractivity contribution is 5.92. The fourth-order valence-electron chi connectivity index (χ4n) is 2.56. The first-order chi connectivity index (χ1) is 12.7. The monoisotopic (exact) mass is 353 g/mol. The summed E-state index contributed by atoms with van der Waals surface area (Å²) in [6.07, 6.45) is 0. The number of amides is 1. The summed E-state index contributed by atoms with van der Waals surface area (Å²) in [5, 5.41) is 6.88. The Balaban J connectivity index is 1.63. The van der Waals surface area contributed by atoms with E-state index in [2.05, 4.69) is 10.2 Å². The molecule has 2 aromatic carbocycles. The molecule has 26 heavy (non-hydrogen) atoms. The Labute approximate surface area is 151 Å². The molecular formula is C20H20FN3O2. The van der Waals surface area contributed by atoms with E-state index in [1.54, 1.807) is 23.1 Å². The van der Waals surface area contributed by atoms with Crippen molar-refractivity contribution >= 4 is 5.91 Å². The van der Waals surface area contributed by atoms with Gasteiger partial charge in [-0.2, -0.15) is 5.10 Å². The number of H-pyrrole nitrogens is 1. The van der Waals surface area contributed by atoms with Crippen molar-refractivity contribution in [1.29, 1.82) is 0 Å². The lowest BCUT2D eigenvalue weighted by molar-refractivity contribution is 0.0746. The van der Waals surface area contributed by atoms with Gasteiger partial charge in [-0.15, -0.1) is 0 Å². The van der Waals surface area contributed by atoms with Crippen LogP contribution in [0.4, 0.5) is 4.39 Å². The number of nitrogens with one attached hydrogen (secondary N) is 1. The molecule has 0 spiro atoms. The number of ether oxygens (including phenoxy) is 1. The van der Waals surface area contributed by atoms with Gasteiger partial charge in [-0.1, -0.05) is 36.4 Å².